The Morgan fingerprint density at radius 1 is 1.08 bits per heavy atom. The number of hydrogen-bond donors (Lipinski definition) is 2. The summed E-state index contributed by atoms with van der Waals surface area (Å²) in [6.45, 7) is 4.86. The molecule has 2 heteroatoms. The van der Waals surface area contributed by atoms with Gasteiger partial charge in [-0.2, -0.15) is 0 Å². The Bertz CT molecular complexity index is 251. The largest absolute Gasteiger partial charge is 0.329 e. The summed E-state index contributed by atoms with van der Waals surface area (Å²) in [5.74, 6) is 0.572. The van der Waals surface area contributed by atoms with Crippen LogP contribution in [0.25, 0.3) is 0 Å². The number of hydrogen-bond acceptors (Lipinski definition) is 2. The smallest absolute Gasteiger partial charge is 0.0419 e. The van der Waals surface area contributed by atoms with Gasteiger partial charge in [-0.1, -0.05) is 38.1 Å². The fraction of sp³-hybridized carbons (Fsp3) is 0.455. The van der Waals surface area contributed by atoms with Crippen molar-refractivity contribution in [3.8, 4) is 0 Å². The van der Waals surface area contributed by atoms with Crippen molar-refractivity contribution in [2.45, 2.75) is 25.8 Å². The molecule has 0 fully saturated rings. The maximum Gasteiger partial charge on any atom is 0.0419 e. The summed E-state index contributed by atoms with van der Waals surface area (Å²) in [5.41, 5.74) is 13.7. The van der Waals surface area contributed by atoms with Gasteiger partial charge in [0.25, 0.3) is 0 Å². The number of nitrogens with two attached hydrogens (primary N) is 2. The highest BCUT2D eigenvalue weighted by atomic mass is 14.7. The van der Waals surface area contributed by atoms with Gasteiger partial charge >= 0.3 is 0 Å². The van der Waals surface area contributed by atoms with E-state index in [0.717, 1.165) is 5.56 Å². The molecule has 0 saturated heterocycles. The third kappa shape index (κ3) is 2.54. The molecule has 72 valence electrons. The van der Waals surface area contributed by atoms with E-state index in [-0.39, 0.29) is 6.04 Å². The molecule has 1 rings (SSSR count). The predicted molar refractivity (Wildman–Crippen MR) is 56.5 cm³/mol. The normalized spacial score (nSPS) is 13.3. The summed E-state index contributed by atoms with van der Waals surface area (Å²) in [5, 5.41) is 0. The Labute approximate surface area is 79.9 Å². The fourth-order valence-electron chi connectivity index (χ4n) is 1.26. The van der Waals surface area contributed by atoms with Crippen molar-refractivity contribution < 1.29 is 0 Å². The van der Waals surface area contributed by atoms with Crippen LogP contribution >= 0.6 is 0 Å². The third-order valence-corrected chi connectivity index (χ3v) is 2.29. The minimum Gasteiger partial charge on any atom is -0.329 e. The van der Waals surface area contributed by atoms with Crippen molar-refractivity contribution in [2.24, 2.45) is 11.5 Å². The second-order valence-corrected chi connectivity index (χ2v) is 3.66. The van der Waals surface area contributed by atoms with E-state index in [1.807, 2.05) is 0 Å². The van der Waals surface area contributed by atoms with Crippen LogP contribution in [-0.2, 0) is 0 Å². The van der Waals surface area contributed by atoms with Gasteiger partial charge in [0.2, 0.25) is 0 Å². The highest BCUT2D eigenvalue weighted by Gasteiger charge is 2.03. The monoisotopic (exact) mass is 178 g/mol. The molecule has 1 aromatic rings. The highest BCUT2D eigenvalue weighted by Crippen LogP contribution is 2.16. The Hall–Kier alpha value is -0.860. The lowest BCUT2D eigenvalue weighted by Crippen LogP contribution is -2.20. The van der Waals surface area contributed by atoms with Gasteiger partial charge in [0.05, 0.1) is 0 Å². The Kier molecular flexibility index (Phi) is 3.46. The van der Waals surface area contributed by atoms with Crippen LogP contribution in [-0.4, -0.2) is 6.54 Å². The first-order chi connectivity index (χ1) is 6.15. The van der Waals surface area contributed by atoms with Gasteiger partial charge < -0.3 is 11.5 Å². The first-order valence-corrected chi connectivity index (χ1v) is 4.70. The van der Waals surface area contributed by atoms with Crippen molar-refractivity contribution in [3.63, 3.8) is 0 Å². The molecule has 13 heavy (non-hydrogen) atoms. The zero-order valence-electron chi connectivity index (χ0n) is 8.33. The molecule has 0 aliphatic carbocycles. The van der Waals surface area contributed by atoms with Gasteiger partial charge in [0, 0.05) is 12.6 Å². The van der Waals surface area contributed by atoms with Gasteiger partial charge in [0.1, 0.15) is 0 Å². The molecule has 0 saturated carbocycles. The molecule has 0 spiro atoms. The topological polar surface area (TPSA) is 52.0 Å². The van der Waals surface area contributed by atoms with Crippen molar-refractivity contribution in [1.29, 1.82) is 0 Å². The zero-order chi connectivity index (χ0) is 9.84. The van der Waals surface area contributed by atoms with Crippen LogP contribution in [0.1, 0.15) is 36.9 Å². The summed E-state index contributed by atoms with van der Waals surface area (Å²) < 4.78 is 0. The molecule has 1 atom stereocenters. The van der Waals surface area contributed by atoms with E-state index < -0.39 is 0 Å². The molecule has 0 heterocycles. The SMILES string of the molecule is CC(C)c1ccc([C@H](N)CN)cc1. The van der Waals surface area contributed by atoms with Gasteiger partial charge in [-0.05, 0) is 17.0 Å². The second-order valence-electron chi connectivity index (χ2n) is 3.66. The van der Waals surface area contributed by atoms with Gasteiger partial charge in [-0.3, -0.25) is 0 Å². The minimum absolute atomic E-state index is 0.0267. The maximum absolute atomic E-state index is 5.80. The van der Waals surface area contributed by atoms with E-state index in [0.29, 0.717) is 12.5 Å². The molecular weight excluding hydrogens is 160 g/mol. The molecule has 1 aromatic carbocycles. The summed E-state index contributed by atoms with van der Waals surface area (Å²) >= 11 is 0. The molecule has 0 aromatic heterocycles. The maximum atomic E-state index is 5.80. The Morgan fingerprint density at radius 2 is 1.54 bits per heavy atom. The van der Waals surface area contributed by atoms with Crippen molar-refractivity contribution >= 4 is 0 Å². The van der Waals surface area contributed by atoms with E-state index in [9.17, 15) is 0 Å². The standard InChI is InChI=1S/C11H18N2/c1-8(2)9-3-5-10(6-4-9)11(13)7-12/h3-6,8,11H,7,12-13H2,1-2H3/t11-/m1/s1. The summed E-state index contributed by atoms with van der Waals surface area (Å²) in [6, 6.07) is 8.34. The van der Waals surface area contributed by atoms with E-state index >= 15 is 0 Å². The van der Waals surface area contributed by atoms with Crippen molar-refractivity contribution in [2.75, 3.05) is 6.54 Å². The first kappa shape index (κ1) is 10.2. The molecule has 0 aliphatic rings. The van der Waals surface area contributed by atoms with Gasteiger partial charge in [-0.25, -0.2) is 0 Å². The average molecular weight is 178 g/mol. The first-order valence-electron chi connectivity index (χ1n) is 4.70. The van der Waals surface area contributed by atoms with Crippen LogP contribution in [0, 0.1) is 0 Å². The highest BCUT2D eigenvalue weighted by molar-refractivity contribution is 5.26. The molecular formula is C11H18N2. The van der Waals surface area contributed by atoms with E-state index in [2.05, 4.69) is 38.1 Å². The van der Waals surface area contributed by atoms with Crippen molar-refractivity contribution in [1.82, 2.24) is 0 Å². The molecule has 4 N–H and O–H groups in total. The van der Waals surface area contributed by atoms with E-state index in [1.165, 1.54) is 5.56 Å². The van der Waals surface area contributed by atoms with Gasteiger partial charge in [0.15, 0.2) is 0 Å². The molecule has 0 radical (unpaired) electrons. The Balaban J connectivity index is 2.81. The molecule has 0 aliphatic heterocycles. The summed E-state index contributed by atoms with van der Waals surface area (Å²) in [4.78, 5) is 0. The lowest BCUT2D eigenvalue weighted by atomic mass is 9.99. The van der Waals surface area contributed by atoms with E-state index in [1.54, 1.807) is 0 Å². The van der Waals surface area contributed by atoms with Crippen LogP contribution < -0.4 is 11.5 Å². The summed E-state index contributed by atoms with van der Waals surface area (Å²) in [6.07, 6.45) is 0. The molecule has 0 bridgehead atoms. The quantitative estimate of drug-likeness (QED) is 0.741. The molecule has 2 nitrogen and oxygen atoms in total. The van der Waals surface area contributed by atoms with Crippen LogP contribution in [0.15, 0.2) is 24.3 Å². The molecule has 0 amide bonds. The molecule has 0 unspecified atom stereocenters. The predicted octanol–water partition coefficient (Wildman–Crippen LogP) is 1.77. The summed E-state index contributed by atoms with van der Waals surface area (Å²) in [7, 11) is 0. The van der Waals surface area contributed by atoms with Crippen LogP contribution in [0.2, 0.25) is 0 Å². The minimum atomic E-state index is -0.0267. The average Bonchev–Trinajstić information content (AvgIpc) is 2.17. The van der Waals surface area contributed by atoms with Crippen LogP contribution in [0.3, 0.4) is 0 Å². The van der Waals surface area contributed by atoms with Crippen LogP contribution in [0.4, 0.5) is 0 Å². The Morgan fingerprint density at radius 3 is 1.92 bits per heavy atom. The fourth-order valence-corrected chi connectivity index (χ4v) is 1.26. The third-order valence-electron chi connectivity index (χ3n) is 2.29. The lowest BCUT2D eigenvalue weighted by Gasteiger charge is -2.11. The zero-order valence-corrected chi connectivity index (χ0v) is 8.33. The lowest BCUT2D eigenvalue weighted by molar-refractivity contribution is 0.735. The van der Waals surface area contributed by atoms with Crippen molar-refractivity contribution in [3.05, 3.63) is 35.4 Å². The number of benzene rings is 1. The van der Waals surface area contributed by atoms with Crippen LogP contribution in [0.5, 0.6) is 0 Å². The number of rotatable bonds is 3. The van der Waals surface area contributed by atoms with Gasteiger partial charge in [-0.15, -0.1) is 0 Å². The second kappa shape index (κ2) is 4.40. The van der Waals surface area contributed by atoms with E-state index in [4.69, 9.17) is 11.5 Å².